The SMILES string of the molecule is O=C(NCCNC(=O)c1cccc2cn[nH]c12)c1ccccc1O. The van der Waals surface area contributed by atoms with Crippen molar-refractivity contribution in [2.45, 2.75) is 0 Å². The summed E-state index contributed by atoms with van der Waals surface area (Å²) < 4.78 is 0. The molecule has 0 unspecified atom stereocenters. The normalized spacial score (nSPS) is 10.5. The Kier molecular flexibility index (Phi) is 4.42. The fourth-order valence-electron chi connectivity index (χ4n) is 2.37. The zero-order valence-electron chi connectivity index (χ0n) is 12.7. The minimum atomic E-state index is -0.391. The van der Waals surface area contributed by atoms with Crippen molar-refractivity contribution in [2.75, 3.05) is 13.1 Å². The van der Waals surface area contributed by atoms with E-state index in [-0.39, 0.29) is 30.3 Å². The maximum absolute atomic E-state index is 12.2. The maximum Gasteiger partial charge on any atom is 0.255 e. The number of carbonyl (C=O) groups is 2. The molecule has 0 aliphatic carbocycles. The Labute approximate surface area is 137 Å². The Morgan fingerprint density at radius 2 is 1.62 bits per heavy atom. The second kappa shape index (κ2) is 6.82. The summed E-state index contributed by atoms with van der Waals surface area (Å²) in [6.07, 6.45) is 1.65. The van der Waals surface area contributed by atoms with Crippen molar-refractivity contribution in [1.29, 1.82) is 0 Å². The molecule has 1 aromatic heterocycles. The first kappa shape index (κ1) is 15.5. The van der Waals surface area contributed by atoms with E-state index in [1.54, 1.807) is 30.5 Å². The lowest BCUT2D eigenvalue weighted by molar-refractivity contribution is 0.0926. The molecule has 0 aliphatic heterocycles. The standard InChI is InChI=1S/C17H16N4O3/c22-14-7-2-1-5-12(14)16(23)18-8-9-19-17(24)13-6-3-4-11-10-20-21-15(11)13/h1-7,10,22H,8-9H2,(H,18,23)(H,19,24)(H,20,21). The van der Waals surface area contributed by atoms with Crippen LogP contribution in [0.25, 0.3) is 10.9 Å². The largest absolute Gasteiger partial charge is 0.507 e. The summed E-state index contributed by atoms with van der Waals surface area (Å²) in [6, 6.07) is 11.6. The first-order valence-electron chi connectivity index (χ1n) is 7.43. The van der Waals surface area contributed by atoms with Gasteiger partial charge in [0.05, 0.1) is 22.8 Å². The van der Waals surface area contributed by atoms with Crippen LogP contribution < -0.4 is 10.6 Å². The molecular formula is C17H16N4O3. The highest BCUT2D eigenvalue weighted by atomic mass is 16.3. The molecule has 0 radical (unpaired) electrons. The van der Waals surface area contributed by atoms with Crippen molar-refractivity contribution < 1.29 is 14.7 Å². The molecular weight excluding hydrogens is 308 g/mol. The number of H-pyrrole nitrogens is 1. The van der Waals surface area contributed by atoms with Gasteiger partial charge in [-0.25, -0.2) is 0 Å². The smallest absolute Gasteiger partial charge is 0.255 e. The van der Waals surface area contributed by atoms with E-state index in [2.05, 4.69) is 20.8 Å². The Morgan fingerprint density at radius 3 is 2.38 bits per heavy atom. The second-order valence-corrected chi connectivity index (χ2v) is 5.17. The van der Waals surface area contributed by atoms with Crippen LogP contribution in [-0.4, -0.2) is 40.2 Å². The number of phenols is 1. The van der Waals surface area contributed by atoms with Crippen LogP contribution in [0.3, 0.4) is 0 Å². The summed E-state index contributed by atoms with van der Waals surface area (Å²) in [4.78, 5) is 24.1. The van der Waals surface area contributed by atoms with Crippen LogP contribution in [-0.2, 0) is 0 Å². The van der Waals surface area contributed by atoms with E-state index in [4.69, 9.17) is 0 Å². The summed E-state index contributed by atoms with van der Waals surface area (Å²) in [6.45, 7) is 0.514. The highest BCUT2D eigenvalue weighted by molar-refractivity contribution is 6.05. The molecule has 0 aliphatic rings. The summed E-state index contributed by atoms with van der Waals surface area (Å²) in [7, 11) is 0. The van der Waals surface area contributed by atoms with Crippen molar-refractivity contribution >= 4 is 22.7 Å². The molecule has 3 aromatic rings. The second-order valence-electron chi connectivity index (χ2n) is 5.17. The van der Waals surface area contributed by atoms with Crippen LogP contribution in [0.4, 0.5) is 0 Å². The lowest BCUT2D eigenvalue weighted by Crippen LogP contribution is -2.34. The lowest BCUT2D eigenvalue weighted by Gasteiger charge is -2.08. The van der Waals surface area contributed by atoms with E-state index in [0.29, 0.717) is 11.1 Å². The molecule has 7 heteroatoms. The van der Waals surface area contributed by atoms with Gasteiger partial charge < -0.3 is 15.7 Å². The number of aromatic amines is 1. The van der Waals surface area contributed by atoms with Crippen molar-refractivity contribution in [3.05, 3.63) is 59.8 Å². The van der Waals surface area contributed by atoms with Crippen LogP contribution in [0.1, 0.15) is 20.7 Å². The van der Waals surface area contributed by atoms with Gasteiger partial charge in [0, 0.05) is 18.5 Å². The highest BCUT2D eigenvalue weighted by Gasteiger charge is 2.12. The Hall–Kier alpha value is -3.35. The number of aromatic hydroxyl groups is 1. The highest BCUT2D eigenvalue weighted by Crippen LogP contribution is 2.16. The predicted molar refractivity (Wildman–Crippen MR) is 88.9 cm³/mol. The van der Waals surface area contributed by atoms with Gasteiger partial charge in [0.25, 0.3) is 11.8 Å². The minimum absolute atomic E-state index is 0.0787. The Balaban J connectivity index is 1.53. The average molecular weight is 324 g/mol. The van der Waals surface area contributed by atoms with Gasteiger partial charge in [-0.2, -0.15) is 5.10 Å². The number of fused-ring (bicyclic) bond motifs is 1. The molecule has 0 fully saturated rings. The molecule has 2 aromatic carbocycles. The Bertz CT molecular complexity index is 888. The van der Waals surface area contributed by atoms with Gasteiger partial charge in [-0.15, -0.1) is 0 Å². The number of hydrogen-bond donors (Lipinski definition) is 4. The first-order chi connectivity index (χ1) is 11.7. The lowest BCUT2D eigenvalue weighted by atomic mass is 10.1. The number of aromatic nitrogens is 2. The molecule has 7 nitrogen and oxygen atoms in total. The van der Waals surface area contributed by atoms with Gasteiger partial charge in [0.1, 0.15) is 5.75 Å². The fourth-order valence-corrected chi connectivity index (χ4v) is 2.37. The van der Waals surface area contributed by atoms with Gasteiger partial charge in [-0.3, -0.25) is 14.7 Å². The number of para-hydroxylation sites is 2. The third-order valence-corrected chi connectivity index (χ3v) is 3.57. The van der Waals surface area contributed by atoms with Gasteiger partial charge >= 0.3 is 0 Å². The zero-order valence-corrected chi connectivity index (χ0v) is 12.7. The molecule has 0 bridgehead atoms. The van der Waals surface area contributed by atoms with Crippen molar-refractivity contribution in [1.82, 2.24) is 20.8 Å². The molecule has 24 heavy (non-hydrogen) atoms. The van der Waals surface area contributed by atoms with E-state index in [9.17, 15) is 14.7 Å². The number of hydrogen-bond acceptors (Lipinski definition) is 4. The quantitative estimate of drug-likeness (QED) is 0.533. The van der Waals surface area contributed by atoms with E-state index in [1.807, 2.05) is 6.07 Å². The van der Waals surface area contributed by atoms with E-state index < -0.39 is 5.91 Å². The number of benzene rings is 2. The number of rotatable bonds is 5. The minimum Gasteiger partial charge on any atom is -0.507 e. The van der Waals surface area contributed by atoms with E-state index in [1.165, 1.54) is 12.1 Å². The van der Waals surface area contributed by atoms with Crippen LogP contribution in [0, 0.1) is 0 Å². The van der Waals surface area contributed by atoms with E-state index in [0.717, 1.165) is 5.39 Å². The summed E-state index contributed by atoms with van der Waals surface area (Å²) in [5.74, 6) is -0.718. The van der Waals surface area contributed by atoms with Crippen molar-refractivity contribution in [3.8, 4) is 5.75 Å². The first-order valence-corrected chi connectivity index (χ1v) is 7.43. The van der Waals surface area contributed by atoms with Gasteiger partial charge in [0.15, 0.2) is 0 Å². The third-order valence-electron chi connectivity index (χ3n) is 3.57. The summed E-state index contributed by atoms with van der Waals surface area (Å²) >= 11 is 0. The van der Waals surface area contributed by atoms with Crippen molar-refractivity contribution in [2.24, 2.45) is 0 Å². The number of phenolic OH excluding ortho intramolecular Hbond substituents is 1. The van der Waals surface area contributed by atoms with Gasteiger partial charge in [-0.1, -0.05) is 24.3 Å². The topological polar surface area (TPSA) is 107 Å². The third kappa shape index (κ3) is 3.19. The number of nitrogens with zero attached hydrogens (tertiary/aromatic N) is 1. The molecule has 0 atom stereocenters. The van der Waals surface area contributed by atoms with Gasteiger partial charge in [0.2, 0.25) is 0 Å². The Morgan fingerprint density at radius 1 is 0.958 bits per heavy atom. The van der Waals surface area contributed by atoms with Crippen LogP contribution in [0.15, 0.2) is 48.7 Å². The molecule has 122 valence electrons. The maximum atomic E-state index is 12.2. The van der Waals surface area contributed by atoms with Crippen LogP contribution in [0.2, 0.25) is 0 Å². The molecule has 0 spiro atoms. The molecule has 0 saturated heterocycles. The van der Waals surface area contributed by atoms with E-state index >= 15 is 0 Å². The number of nitrogens with one attached hydrogen (secondary N) is 3. The monoisotopic (exact) mass is 324 g/mol. The summed E-state index contributed by atoms with van der Waals surface area (Å²) in [5, 5.41) is 22.6. The molecule has 0 saturated carbocycles. The van der Waals surface area contributed by atoms with Gasteiger partial charge in [-0.05, 0) is 18.2 Å². The zero-order chi connectivity index (χ0) is 16.9. The fraction of sp³-hybridized carbons (Fsp3) is 0.118. The average Bonchev–Trinajstić information content (AvgIpc) is 3.07. The number of amides is 2. The predicted octanol–water partition coefficient (Wildman–Crippen LogP) is 1.43. The molecule has 4 N–H and O–H groups in total. The van der Waals surface area contributed by atoms with Crippen molar-refractivity contribution in [3.63, 3.8) is 0 Å². The number of carbonyl (C=O) groups excluding carboxylic acids is 2. The molecule has 2 amide bonds. The molecule has 1 heterocycles. The van der Waals surface area contributed by atoms with Crippen LogP contribution in [0.5, 0.6) is 5.75 Å². The summed E-state index contributed by atoms with van der Waals surface area (Å²) in [5.41, 5.74) is 1.37. The van der Waals surface area contributed by atoms with Crippen LogP contribution >= 0.6 is 0 Å². The molecule has 3 rings (SSSR count).